The van der Waals surface area contributed by atoms with Crippen LogP contribution in [0.2, 0.25) is 0 Å². The van der Waals surface area contributed by atoms with E-state index in [1.54, 1.807) is 24.5 Å². The van der Waals surface area contributed by atoms with Gasteiger partial charge in [0, 0.05) is 25.0 Å². The SMILES string of the molecule is CC[C@H](C)[C@H](NC(=O)Cn1cnc2cc(OC)c(OC)cc2c1=O)C(=O)NCc1cccnc1. The molecule has 34 heavy (non-hydrogen) atoms. The fourth-order valence-electron chi connectivity index (χ4n) is 3.48. The minimum absolute atomic E-state index is 0.110. The fourth-order valence-corrected chi connectivity index (χ4v) is 3.48. The van der Waals surface area contributed by atoms with Gasteiger partial charge in [0.05, 0.1) is 31.4 Å². The molecule has 2 amide bonds. The average molecular weight is 468 g/mol. The number of amides is 2. The monoisotopic (exact) mass is 467 g/mol. The van der Waals surface area contributed by atoms with Gasteiger partial charge in [-0.25, -0.2) is 4.98 Å². The molecule has 0 radical (unpaired) electrons. The van der Waals surface area contributed by atoms with Crippen molar-refractivity contribution < 1.29 is 19.1 Å². The van der Waals surface area contributed by atoms with Crippen LogP contribution in [0, 0.1) is 5.92 Å². The first-order valence-corrected chi connectivity index (χ1v) is 10.9. The molecule has 0 aliphatic carbocycles. The predicted octanol–water partition coefficient (Wildman–Crippen LogP) is 1.66. The third-order valence-electron chi connectivity index (χ3n) is 5.64. The van der Waals surface area contributed by atoms with E-state index in [0.717, 1.165) is 5.56 Å². The van der Waals surface area contributed by atoms with Gasteiger partial charge in [-0.15, -0.1) is 0 Å². The smallest absolute Gasteiger partial charge is 0.261 e. The molecule has 0 saturated heterocycles. The van der Waals surface area contributed by atoms with Crippen LogP contribution >= 0.6 is 0 Å². The maximum atomic E-state index is 13.0. The van der Waals surface area contributed by atoms with Gasteiger partial charge in [-0.05, 0) is 23.6 Å². The van der Waals surface area contributed by atoms with Gasteiger partial charge in [0.15, 0.2) is 11.5 Å². The topological polar surface area (TPSA) is 124 Å². The number of rotatable bonds is 10. The number of nitrogens with one attached hydrogen (secondary N) is 2. The molecule has 10 nitrogen and oxygen atoms in total. The third-order valence-corrected chi connectivity index (χ3v) is 5.64. The highest BCUT2D eigenvalue weighted by Crippen LogP contribution is 2.29. The number of hydrogen-bond acceptors (Lipinski definition) is 7. The molecule has 1 aromatic carbocycles. The molecular formula is C24H29N5O5. The zero-order chi connectivity index (χ0) is 24.7. The molecule has 0 fully saturated rings. The lowest BCUT2D eigenvalue weighted by molar-refractivity contribution is -0.130. The summed E-state index contributed by atoms with van der Waals surface area (Å²) in [6, 6.07) is 6.03. The van der Waals surface area contributed by atoms with E-state index in [4.69, 9.17) is 9.47 Å². The number of fused-ring (bicyclic) bond motifs is 1. The van der Waals surface area contributed by atoms with Gasteiger partial charge in [-0.3, -0.25) is 23.9 Å². The second-order valence-electron chi connectivity index (χ2n) is 7.91. The Kier molecular flexibility index (Phi) is 8.18. The number of pyridine rings is 1. The van der Waals surface area contributed by atoms with Gasteiger partial charge in [0.25, 0.3) is 5.56 Å². The van der Waals surface area contributed by atoms with Crippen LogP contribution in [0.5, 0.6) is 11.5 Å². The average Bonchev–Trinajstić information content (AvgIpc) is 2.87. The summed E-state index contributed by atoms with van der Waals surface area (Å²) in [7, 11) is 2.97. The Hall–Kier alpha value is -3.95. The number of ether oxygens (including phenoxy) is 2. The van der Waals surface area contributed by atoms with Crippen molar-refractivity contribution in [3.8, 4) is 11.5 Å². The molecule has 0 unspecified atom stereocenters. The van der Waals surface area contributed by atoms with Gasteiger partial charge in [0.1, 0.15) is 12.6 Å². The Labute approximate surface area is 197 Å². The number of nitrogens with zero attached hydrogens (tertiary/aromatic N) is 3. The van der Waals surface area contributed by atoms with Crippen LogP contribution in [0.15, 0.2) is 47.8 Å². The molecule has 0 aliphatic rings. The summed E-state index contributed by atoms with van der Waals surface area (Å²) < 4.78 is 11.7. The van der Waals surface area contributed by atoms with E-state index >= 15 is 0 Å². The van der Waals surface area contributed by atoms with Crippen LogP contribution in [0.4, 0.5) is 0 Å². The van der Waals surface area contributed by atoms with E-state index in [1.807, 2.05) is 19.9 Å². The van der Waals surface area contributed by atoms with E-state index in [2.05, 4.69) is 20.6 Å². The molecule has 3 aromatic rings. The molecule has 0 bridgehead atoms. The Balaban J connectivity index is 1.75. The van der Waals surface area contributed by atoms with Gasteiger partial charge in [-0.1, -0.05) is 26.3 Å². The molecule has 0 aliphatic heterocycles. The lowest BCUT2D eigenvalue weighted by Crippen LogP contribution is -2.51. The van der Waals surface area contributed by atoms with E-state index in [-0.39, 0.29) is 18.4 Å². The molecule has 10 heteroatoms. The standard InChI is InChI=1S/C24H29N5O5/c1-5-15(2)22(23(31)26-12-16-7-6-8-25-11-16)28-21(30)13-29-14-27-18-10-20(34-4)19(33-3)9-17(18)24(29)32/h6-11,14-15,22H,5,12-13H2,1-4H3,(H,26,31)(H,28,30)/t15-,22-/m0/s1. The summed E-state index contributed by atoms with van der Waals surface area (Å²) in [5.74, 6) is -0.0387. The first kappa shape index (κ1) is 24.7. The quantitative estimate of drug-likeness (QED) is 0.465. The molecule has 2 atom stereocenters. The van der Waals surface area contributed by atoms with Crippen molar-refractivity contribution in [1.29, 1.82) is 0 Å². The van der Waals surface area contributed by atoms with Gasteiger partial charge in [-0.2, -0.15) is 0 Å². The number of aromatic nitrogens is 3. The Morgan fingerprint density at radius 3 is 2.56 bits per heavy atom. The molecule has 3 rings (SSSR count). The largest absolute Gasteiger partial charge is 0.493 e. The number of benzene rings is 1. The minimum atomic E-state index is -0.748. The first-order valence-electron chi connectivity index (χ1n) is 10.9. The zero-order valence-electron chi connectivity index (χ0n) is 19.7. The van der Waals surface area contributed by atoms with Crippen molar-refractivity contribution in [2.45, 2.75) is 39.4 Å². The zero-order valence-corrected chi connectivity index (χ0v) is 19.7. The van der Waals surface area contributed by atoms with Gasteiger partial charge < -0.3 is 20.1 Å². The Bertz CT molecular complexity index is 1210. The van der Waals surface area contributed by atoms with Crippen molar-refractivity contribution in [2.75, 3.05) is 14.2 Å². The normalized spacial score (nSPS) is 12.6. The van der Waals surface area contributed by atoms with Crippen LogP contribution in [-0.4, -0.2) is 46.6 Å². The van der Waals surface area contributed by atoms with Crippen LogP contribution in [0.1, 0.15) is 25.8 Å². The summed E-state index contributed by atoms with van der Waals surface area (Å²) in [4.78, 5) is 46.9. The number of hydrogen-bond donors (Lipinski definition) is 2. The van der Waals surface area contributed by atoms with E-state index in [0.29, 0.717) is 35.4 Å². The van der Waals surface area contributed by atoms with Gasteiger partial charge >= 0.3 is 0 Å². The maximum absolute atomic E-state index is 13.0. The number of methoxy groups -OCH3 is 2. The lowest BCUT2D eigenvalue weighted by atomic mass is 9.98. The van der Waals surface area contributed by atoms with Crippen molar-refractivity contribution in [3.63, 3.8) is 0 Å². The molecule has 0 saturated carbocycles. The van der Waals surface area contributed by atoms with Crippen LogP contribution in [0.3, 0.4) is 0 Å². The fraction of sp³-hybridized carbons (Fsp3) is 0.375. The highest BCUT2D eigenvalue weighted by atomic mass is 16.5. The van der Waals surface area contributed by atoms with Crippen molar-refractivity contribution in [2.24, 2.45) is 5.92 Å². The summed E-state index contributed by atoms with van der Waals surface area (Å²) in [5.41, 5.74) is 0.875. The van der Waals surface area contributed by atoms with Crippen LogP contribution < -0.4 is 25.7 Å². The van der Waals surface area contributed by atoms with Gasteiger partial charge in [0.2, 0.25) is 11.8 Å². The summed E-state index contributed by atoms with van der Waals surface area (Å²) in [5, 5.41) is 5.90. The summed E-state index contributed by atoms with van der Waals surface area (Å²) in [6.45, 7) is 3.85. The second-order valence-corrected chi connectivity index (χ2v) is 7.91. The molecule has 2 heterocycles. The summed E-state index contributed by atoms with van der Waals surface area (Å²) >= 11 is 0. The third kappa shape index (κ3) is 5.69. The van der Waals surface area contributed by atoms with Crippen molar-refractivity contribution >= 4 is 22.7 Å². The Morgan fingerprint density at radius 2 is 1.91 bits per heavy atom. The molecule has 2 N–H and O–H groups in total. The minimum Gasteiger partial charge on any atom is -0.493 e. The van der Waals surface area contributed by atoms with E-state index in [1.165, 1.54) is 31.2 Å². The number of carbonyl (C=O) groups is 2. The summed E-state index contributed by atoms with van der Waals surface area (Å²) in [6.07, 6.45) is 5.31. The second kappa shape index (κ2) is 11.3. The van der Waals surface area contributed by atoms with Crippen molar-refractivity contribution in [1.82, 2.24) is 25.2 Å². The van der Waals surface area contributed by atoms with E-state index < -0.39 is 17.5 Å². The first-order chi connectivity index (χ1) is 16.4. The molecule has 0 spiro atoms. The molecule has 180 valence electrons. The maximum Gasteiger partial charge on any atom is 0.261 e. The highest BCUT2D eigenvalue weighted by molar-refractivity contribution is 5.88. The van der Waals surface area contributed by atoms with Crippen LogP contribution in [0.25, 0.3) is 10.9 Å². The van der Waals surface area contributed by atoms with Crippen LogP contribution in [-0.2, 0) is 22.7 Å². The molecular weight excluding hydrogens is 438 g/mol. The highest BCUT2D eigenvalue weighted by Gasteiger charge is 2.26. The predicted molar refractivity (Wildman–Crippen MR) is 127 cm³/mol. The van der Waals surface area contributed by atoms with Crippen molar-refractivity contribution in [3.05, 3.63) is 58.9 Å². The van der Waals surface area contributed by atoms with E-state index in [9.17, 15) is 14.4 Å². The number of carbonyl (C=O) groups excluding carboxylic acids is 2. The lowest BCUT2D eigenvalue weighted by Gasteiger charge is -2.23. The Morgan fingerprint density at radius 1 is 1.18 bits per heavy atom. The molecule has 2 aromatic heterocycles.